The number of nitrogens with one attached hydrogen (secondary N) is 1. The Morgan fingerprint density at radius 1 is 1.46 bits per heavy atom. The molecule has 3 heterocycles. The van der Waals surface area contributed by atoms with E-state index < -0.39 is 10.0 Å². The normalized spacial score (nSPS) is 21.8. The molecule has 1 aliphatic heterocycles. The second-order valence-electron chi connectivity index (χ2n) is 5.67. The molecule has 0 aliphatic carbocycles. The van der Waals surface area contributed by atoms with Gasteiger partial charge < -0.3 is 15.0 Å². The van der Waals surface area contributed by atoms with Crippen LogP contribution in [0.5, 0.6) is 0 Å². The first kappa shape index (κ1) is 17.2. The summed E-state index contributed by atoms with van der Waals surface area (Å²) in [6, 6.07) is 1.02. The van der Waals surface area contributed by atoms with E-state index in [0.717, 1.165) is 5.69 Å². The molecule has 0 bridgehead atoms. The van der Waals surface area contributed by atoms with E-state index in [9.17, 15) is 8.42 Å². The first-order valence-electron chi connectivity index (χ1n) is 7.38. The summed E-state index contributed by atoms with van der Waals surface area (Å²) in [5.74, 6) is -0.0813. The monoisotopic (exact) mass is 371 g/mol. The molecule has 0 saturated carbocycles. The van der Waals surface area contributed by atoms with E-state index in [2.05, 4.69) is 14.7 Å². The summed E-state index contributed by atoms with van der Waals surface area (Å²) < 4.78 is 35.4. The summed E-state index contributed by atoms with van der Waals surface area (Å²) in [5.41, 5.74) is 6.59. The van der Waals surface area contributed by atoms with Gasteiger partial charge in [-0.05, 0) is 18.9 Å². The molecule has 8 nitrogen and oxygen atoms in total. The van der Waals surface area contributed by atoms with Crippen LogP contribution in [-0.2, 0) is 21.8 Å². The third kappa shape index (κ3) is 3.54. The van der Waals surface area contributed by atoms with Gasteiger partial charge in [-0.15, -0.1) is 0 Å². The maximum absolute atomic E-state index is 12.6. The molecule has 0 aromatic carbocycles. The fraction of sp³-hybridized carbons (Fsp3) is 0.429. The predicted octanol–water partition coefficient (Wildman–Crippen LogP) is 1.25. The average molecular weight is 372 g/mol. The summed E-state index contributed by atoms with van der Waals surface area (Å²) in [7, 11) is -1.94. The third-order valence-electron chi connectivity index (χ3n) is 3.93. The van der Waals surface area contributed by atoms with E-state index in [1.54, 1.807) is 12.5 Å². The molecular weight excluding hydrogens is 354 g/mol. The van der Waals surface area contributed by atoms with Crippen LogP contribution in [-0.4, -0.2) is 35.6 Å². The first-order valence-corrected chi connectivity index (χ1v) is 9.24. The number of nitrogens with two attached hydrogens (primary N) is 1. The van der Waals surface area contributed by atoms with E-state index in [-0.39, 0.29) is 27.9 Å². The van der Waals surface area contributed by atoms with Crippen LogP contribution >= 0.6 is 11.6 Å². The molecule has 3 rings (SSSR count). The molecule has 1 fully saturated rings. The first-order chi connectivity index (χ1) is 11.4. The largest absolute Gasteiger partial charge is 0.383 e. The number of pyridine rings is 1. The van der Waals surface area contributed by atoms with Gasteiger partial charge in [0, 0.05) is 25.9 Å². The molecule has 2 aromatic heterocycles. The van der Waals surface area contributed by atoms with Gasteiger partial charge in [-0.3, -0.25) is 0 Å². The van der Waals surface area contributed by atoms with Crippen molar-refractivity contribution >= 4 is 27.4 Å². The van der Waals surface area contributed by atoms with Gasteiger partial charge in [-0.1, -0.05) is 11.6 Å². The summed E-state index contributed by atoms with van der Waals surface area (Å²) in [4.78, 5) is 7.75. The fourth-order valence-corrected chi connectivity index (χ4v) is 4.33. The van der Waals surface area contributed by atoms with Crippen molar-refractivity contribution in [2.24, 2.45) is 7.05 Å². The molecular formula is C14H18ClN5O3S. The number of anilines is 1. The Balaban J connectivity index is 1.77. The number of hydrogen-bond donors (Lipinski definition) is 2. The Hall–Kier alpha value is -1.68. The highest BCUT2D eigenvalue weighted by Gasteiger charge is 2.30. The minimum atomic E-state index is -3.82. The number of nitrogen functional groups attached to an aromatic ring is 1. The number of hydrogen-bond acceptors (Lipinski definition) is 6. The Bertz CT molecular complexity index is 839. The summed E-state index contributed by atoms with van der Waals surface area (Å²) >= 11 is 5.83. The van der Waals surface area contributed by atoms with Gasteiger partial charge in [0.2, 0.25) is 10.0 Å². The minimum Gasteiger partial charge on any atom is -0.383 e. The van der Waals surface area contributed by atoms with Crippen LogP contribution in [0.25, 0.3) is 0 Å². The standard InChI is InChI=1S/C14H18ClN5O3S/c1-20-8-17-7-11(20)12-5-10(2-3-23-12)19-24(21,22)13-4-9(15)6-18-14(13)16/h4,6-8,10,12,19H,2-3,5H2,1H3,(H2,16,18)/t10-,12+/m0/s1. The summed E-state index contributed by atoms with van der Waals surface area (Å²) in [6.07, 6.45) is 5.58. The summed E-state index contributed by atoms with van der Waals surface area (Å²) in [6.45, 7) is 0.451. The number of aromatic nitrogens is 3. The fourth-order valence-electron chi connectivity index (χ4n) is 2.72. The van der Waals surface area contributed by atoms with E-state index in [0.29, 0.717) is 19.4 Å². The molecule has 2 atom stereocenters. The van der Waals surface area contributed by atoms with Gasteiger partial charge in [-0.25, -0.2) is 23.1 Å². The van der Waals surface area contributed by atoms with Crippen molar-refractivity contribution in [1.29, 1.82) is 0 Å². The molecule has 130 valence electrons. The second-order valence-corrected chi connectivity index (χ2v) is 7.79. The van der Waals surface area contributed by atoms with Crippen molar-refractivity contribution in [3.63, 3.8) is 0 Å². The zero-order valence-electron chi connectivity index (χ0n) is 13.0. The zero-order valence-corrected chi connectivity index (χ0v) is 14.6. The lowest BCUT2D eigenvalue weighted by Gasteiger charge is -2.30. The number of rotatable bonds is 4. The van der Waals surface area contributed by atoms with Crippen molar-refractivity contribution in [1.82, 2.24) is 19.3 Å². The van der Waals surface area contributed by atoms with Gasteiger partial charge in [0.15, 0.2) is 0 Å². The van der Waals surface area contributed by atoms with Gasteiger partial charge in [0.05, 0.1) is 23.2 Å². The minimum absolute atomic E-state index is 0.0813. The van der Waals surface area contributed by atoms with Crippen LogP contribution in [0.4, 0.5) is 5.82 Å². The Morgan fingerprint density at radius 2 is 2.25 bits per heavy atom. The molecule has 3 N–H and O–H groups in total. The molecule has 10 heteroatoms. The maximum Gasteiger partial charge on any atom is 0.244 e. The topological polar surface area (TPSA) is 112 Å². The van der Waals surface area contributed by atoms with Gasteiger partial charge in [-0.2, -0.15) is 0 Å². The molecule has 24 heavy (non-hydrogen) atoms. The second kappa shape index (κ2) is 6.67. The maximum atomic E-state index is 12.6. The molecule has 0 radical (unpaired) electrons. The highest BCUT2D eigenvalue weighted by atomic mass is 35.5. The molecule has 0 spiro atoms. The smallest absolute Gasteiger partial charge is 0.244 e. The number of nitrogens with zero attached hydrogens (tertiary/aromatic N) is 3. The highest BCUT2D eigenvalue weighted by molar-refractivity contribution is 7.89. The lowest BCUT2D eigenvalue weighted by molar-refractivity contribution is -0.0000425. The molecule has 0 unspecified atom stereocenters. The highest BCUT2D eigenvalue weighted by Crippen LogP contribution is 2.29. The number of sulfonamides is 1. The van der Waals surface area contributed by atoms with Crippen molar-refractivity contribution < 1.29 is 13.2 Å². The van der Waals surface area contributed by atoms with Crippen molar-refractivity contribution in [3.05, 3.63) is 35.5 Å². The predicted molar refractivity (Wildman–Crippen MR) is 88.9 cm³/mol. The molecule has 1 aliphatic rings. The van der Waals surface area contributed by atoms with Crippen LogP contribution in [0, 0.1) is 0 Å². The lowest BCUT2D eigenvalue weighted by atomic mass is 10.0. The van der Waals surface area contributed by atoms with Gasteiger partial charge >= 0.3 is 0 Å². The van der Waals surface area contributed by atoms with E-state index in [1.165, 1.54) is 12.3 Å². The summed E-state index contributed by atoms with van der Waals surface area (Å²) in [5, 5.41) is 0.212. The molecule has 2 aromatic rings. The number of imidazole rings is 1. The number of halogens is 1. The lowest BCUT2D eigenvalue weighted by Crippen LogP contribution is -2.40. The SMILES string of the molecule is Cn1cncc1[C@H]1C[C@@H](NS(=O)(=O)c2cc(Cl)cnc2N)CCO1. The quantitative estimate of drug-likeness (QED) is 0.836. The van der Waals surface area contributed by atoms with E-state index in [4.69, 9.17) is 22.1 Å². The van der Waals surface area contributed by atoms with Crippen molar-refractivity contribution in [2.75, 3.05) is 12.3 Å². The van der Waals surface area contributed by atoms with Crippen LogP contribution in [0.1, 0.15) is 24.6 Å². The average Bonchev–Trinajstić information content (AvgIpc) is 2.95. The van der Waals surface area contributed by atoms with Gasteiger partial charge in [0.25, 0.3) is 0 Å². The molecule has 0 amide bonds. The Labute approximate surface area is 145 Å². The molecule has 1 saturated heterocycles. The zero-order chi connectivity index (χ0) is 17.3. The van der Waals surface area contributed by atoms with Crippen LogP contribution in [0.2, 0.25) is 5.02 Å². The van der Waals surface area contributed by atoms with Gasteiger partial charge in [0.1, 0.15) is 16.8 Å². The number of ether oxygens (including phenoxy) is 1. The van der Waals surface area contributed by atoms with Crippen molar-refractivity contribution in [2.45, 2.75) is 29.9 Å². The Kier molecular flexibility index (Phi) is 4.77. The van der Waals surface area contributed by atoms with E-state index >= 15 is 0 Å². The Morgan fingerprint density at radius 3 is 2.96 bits per heavy atom. The van der Waals surface area contributed by atoms with Crippen LogP contribution < -0.4 is 10.5 Å². The van der Waals surface area contributed by atoms with E-state index in [1.807, 2.05) is 11.6 Å². The van der Waals surface area contributed by atoms with Crippen LogP contribution in [0.3, 0.4) is 0 Å². The number of aryl methyl sites for hydroxylation is 1. The van der Waals surface area contributed by atoms with Crippen LogP contribution in [0.15, 0.2) is 29.7 Å². The van der Waals surface area contributed by atoms with Crippen molar-refractivity contribution in [3.8, 4) is 0 Å². The third-order valence-corrected chi connectivity index (χ3v) is 5.68.